The Bertz CT molecular complexity index is 101. The van der Waals surface area contributed by atoms with Crippen molar-refractivity contribution < 1.29 is 9.90 Å². The van der Waals surface area contributed by atoms with E-state index in [1.807, 2.05) is 0 Å². The van der Waals surface area contributed by atoms with E-state index >= 15 is 0 Å². The number of carbonyl (C=O) groups is 1. The zero-order valence-corrected chi connectivity index (χ0v) is 6.35. The largest absolute Gasteiger partial charge is 0.385 e. The van der Waals surface area contributed by atoms with E-state index in [9.17, 15) is 4.79 Å². The number of rotatable bonds is 3. The summed E-state index contributed by atoms with van der Waals surface area (Å²) in [5.74, 6) is -0.429. The zero-order chi connectivity index (χ0) is 7.44. The summed E-state index contributed by atoms with van der Waals surface area (Å²) in [6.45, 7) is 3.55. The smallest absolute Gasteiger partial charge is 0.176 e. The molecule has 2 nitrogen and oxygen atoms in total. The lowest BCUT2D eigenvalue weighted by Gasteiger charge is -2.09. The Labute approximate surface area is 59.8 Å². The minimum absolute atomic E-state index is 0.0313. The molecule has 0 rings (SSSR count). The van der Waals surface area contributed by atoms with Crippen molar-refractivity contribution in [2.24, 2.45) is 5.92 Å². The first-order valence-electron chi connectivity index (χ1n) is 2.86. The SMILES string of the molecule is CC(C)C(O)C(=O)CCl. The van der Waals surface area contributed by atoms with Gasteiger partial charge in [0.05, 0.1) is 5.88 Å². The van der Waals surface area contributed by atoms with Crippen LogP contribution in [0.3, 0.4) is 0 Å². The van der Waals surface area contributed by atoms with Crippen molar-refractivity contribution in [2.45, 2.75) is 20.0 Å². The third-order valence-electron chi connectivity index (χ3n) is 1.09. The highest BCUT2D eigenvalue weighted by atomic mass is 35.5. The summed E-state index contributed by atoms with van der Waals surface area (Å²) in [6, 6.07) is 0. The molecule has 0 bridgehead atoms. The molecule has 0 radical (unpaired) electrons. The fraction of sp³-hybridized carbons (Fsp3) is 0.833. The monoisotopic (exact) mass is 150 g/mol. The maximum Gasteiger partial charge on any atom is 0.176 e. The molecule has 0 spiro atoms. The summed E-state index contributed by atoms with van der Waals surface area (Å²) in [5, 5.41) is 8.96. The number of ketones is 1. The van der Waals surface area contributed by atoms with Crippen LogP contribution in [-0.4, -0.2) is 22.9 Å². The quantitative estimate of drug-likeness (QED) is 0.605. The lowest BCUT2D eigenvalue weighted by molar-refractivity contribution is -0.126. The lowest BCUT2D eigenvalue weighted by atomic mass is 10.0. The number of alkyl halides is 1. The molecule has 54 valence electrons. The van der Waals surface area contributed by atoms with Crippen LogP contribution in [0.4, 0.5) is 0 Å². The summed E-state index contributed by atoms with van der Waals surface area (Å²) in [4.78, 5) is 10.6. The number of carbonyl (C=O) groups excluding carboxylic acids is 1. The van der Waals surface area contributed by atoms with Crippen molar-refractivity contribution >= 4 is 17.4 Å². The second-order valence-corrected chi connectivity index (χ2v) is 2.56. The molecule has 0 aromatic rings. The molecule has 0 aromatic carbocycles. The molecule has 1 atom stereocenters. The van der Waals surface area contributed by atoms with Crippen molar-refractivity contribution in [3.63, 3.8) is 0 Å². The standard InChI is InChI=1S/C6H11ClO2/c1-4(2)6(9)5(8)3-7/h4,6,9H,3H2,1-2H3. The van der Waals surface area contributed by atoms with Gasteiger partial charge >= 0.3 is 0 Å². The zero-order valence-electron chi connectivity index (χ0n) is 5.60. The normalized spacial score (nSPS) is 13.9. The predicted molar refractivity (Wildman–Crippen MR) is 36.6 cm³/mol. The van der Waals surface area contributed by atoms with Gasteiger partial charge in [0.25, 0.3) is 0 Å². The fourth-order valence-electron chi connectivity index (χ4n) is 0.451. The van der Waals surface area contributed by atoms with E-state index in [0.717, 1.165) is 0 Å². The number of Topliss-reactive ketones (excluding diaryl/α,β-unsaturated/α-hetero) is 1. The van der Waals surface area contributed by atoms with E-state index in [1.54, 1.807) is 13.8 Å². The van der Waals surface area contributed by atoms with Crippen molar-refractivity contribution in [3.8, 4) is 0 Å². The average Bonchev–Trinajstić information content (AvgIpc) is 1.84. The molecule has 0 fully saturated rings. The van der Waals surface area contributed by atoms with E-state index in [0.29, 0.717) is 0 Å². The van der Waals surface area contributed by atoms with Gasteiger partial charge in [-0.15, -0.1) is 11.6 Å². The van der Waals surface area contributed by atoms with Crippen LogP contribution in [0, 0.1) is 5.92 Å². The van der Waals surface area contributed by atoms with Gasteiger partial charge in [-0.2, -0.15) is 0 Å². The number of halogens is 1. The fourth-order valence-corrected chi connectivity index (χ4v) is 0.609. The second-order valence-electron chi connectivity index (χ2n) is 2.29. The van der Waals surface area contributed by atoms with Gasteiger partial charge in [0.1, 0.15) is 6.10 Å². The molecule has 1 unspecified atom stereocenters. The first kappa shape index (κ1) is 8.92. The minimum atomic E-state index is -0.887. The summed E-state index contributed by atoms with van der Waals surface area (Å²) in [6.07, 6.45) is -0.887. The van der Waals surface area contributed by atoms with Crippen molar-refractivity contribution in [3.05, 3.63) is 0 Å². The van der Waals surface area contributed by atoms with Crippen molar-refractivity contribution in [1.29, 1.82) is 0 Å². The molecule has 9 heavy (non-hydrogen) atoms. The van der Waals surface area contributed by atoms with Crippen LogP contribution in [0.15, 0.2) is 0 Å². The van der Waals surface area contributed by atoms with Crippen LogP contribution in [0.2, 0.25) is 0 Å². The number of aliphatic hydroxyl groups excluding tert-OH is 1. The summed E-state index contributed by atoms with van der Waals surface area (Å²) >= 11 is 5.18. The number of aliphatic hydroxyl groups is 1. The van der Waals surface area contributed by atoms with Gasteiger partial charge in [-0.3, -0.25) is 4.79 Å². The first-order valence-corrected chi connectivity index (χ1v) is 3.39. The van der Waals surface area contributed by atoms with Gasteiger partial charge in [0.2, 0.25) is 0 Å². The molecule has 0 amide bonds. The van der Waals surface area contributed by atoms with Gasteiger partial charge in [0.15, 0.2) is 5.78 Å². The highest BCUT2D eigenvalue weighted by Gasteiger charge is 2.16. The van der Waals surface area contributed by atoms with Crippen LogP contribution in [-0.2, 0) is 4.79 Å². The summed E-state index contributed by atoms with van der Waals surface area (Å²) in [5.41, 5.74) is 0. The first-order chi connectivity index (χ1) is 4.09. The van der Waals surface area contributed by atoms with E-state index in [4.69, 9.17) is 16.7 Å². The van der Waals surface area contributed by atoms with Crippen LogP contribution in [0.1, 0.15) is 13.8 Å². The summed E-state index contributed by atoms with van der Waals surface area (Å²) < 4.78 is 0. The van der Waals surface area contributed by atoms with E-state index in [-0.39, 0.29) is 17.6 Å². The van der Waals surface area contributed by atoms with Crippen molar-refractivity contribution in [1.82, 2.24) is 0 Å². The highest BCUT2D eigenvalue weighted by Crippen LogP contribution is 2.02. The van der Waals surface area contributed by atoms with E-state index in [1.165, 1.54) is 0 Å². The van der Waals surface area contributed by atoms with Crippen LogP contribution < -0.4 is 0 Å². The second kappa shape index (κ2) is 3.85. The number of hydrogen-bond donors (Lipinski definition) is 1. The van der Waals surface area contributed by atoms with Crippen molar-refractivity contribution in [2.75, 3.05) is 5.88 Å². The third kappa shape index (κ3) is 2.82. The Hall–Kier alpha value is -0.0800. The van der Waals surface area contributed by atoms with Crippen LogP contribution in [0.25, 0.3) is 0 Å². The molecule has 0 saturated carbocycles. The molecule has 0 aliphatic rings. The van der Waals surface area contributed by atoms with Gasteiger partial charge in [-0.05, 0) is 5.92 Å². The maximum atomic E-state index is 10.6. The van der Waals surface area contributed by atoms with Gasteiger partial charge in [0, 0.05) is 0 Å². The van der Waals surface area contributed by atoms with E-state index < -0.39 is 6.10 Å². The van der Waals surface area contributed by atoms with Gasteiger partial charge < -0.3 is 5.11 Å². The molecule has 1 N–H and O–H groups in total. The molecule has 0 aromatic heterocycles. The Morgan fingerprint density at radius 3 is 2.22 bits per heavy atom. The lowest BCUT2D eigenvalue weighted by Crippen LogP contribution is -2.26. The molecular formula is C6H11ClO2. The molecule has 0 aliphatic heterocycles. The minimum Gasteiger partial charge on any atom is -0.385 e. The average molecular weight is 151 g/mol. The van der Waals surface area contributed by atoms with Gasteiger partial charge in [-0.25, -0.2) is 0 Å². The number of hydrogen-bond acceptors (Lipinski definition) is 2. The Balaban J connectivity index is 3.72. The van der Waals surface area contributed by atoms with Crippen LogP contribution >= 0.6 is 11.6 Å². The molecular weight excluding hydrogens is 140 g/mol. The van der Waals surface area contributed by atoms with Crippen LogP contribution in [0.5, 0.6) is 0 Å². The molecule has 3 heteroatoms. The molecule has 0 aliphatic carbocycles. The van der Waals surface area contributed by atoms with E-state index in [2.05, 4.69) is 0 Å². The van der Waals surface area contributed by atoms with Gasteiger partial charge in [-0.1, -0.05) is 13.8 Å². The maximum absolute atomic E-state index is 10.6. The molecule has 0 heterocycles. The summed E-state index contributed by atoms with van der Waals surface area (Å²) in [7, 11) is 0. The molecule has 0 saturated heterocycles. The Morgan fingerprint density at radius 1 is 1.67 bits per heavy atom. The third-order valence-corrected chi connectivity index (χ3v) is 1.36. The predicted octanol–water partition coefficient (Wildman–Crippen LogP) is 0.811. The topological polar surface area (TPSA) is 37.3 Å². The Morgan fingerprint density at radius 2 is 2.11 bits per heavy atom. The Kier molecular flexibility index (Phi) is 3.82. The highest BCUT2D eigenvalue weighted by molar-refractivity contribution is 6.28.